The van der Waals surface area contributed by atoms with Crippen LogP contribution in [0, 0.1) is 13.8 Å². The molecule has 1 amide bonds. The van der Waals surface area contributed by atoms with Gasteiger partial charge in [-0.1, -0.05) is 29.8 Å². The lowest BCUT2D eigenvalue weighted by Crippen LogP contribution is -2.16. The Morgan fingerprint density at radius 3 is 2.81 bits per heavy atom. The van der Waals surface area contributed by atoms with Crippen LogP contribution in [-0.4, -0.2) is 22.5 Å². The van der Waals surface area contributed by atoms with Gasteiger partial charge in [-0.25, -0.2) is 4.68 Å². The van der Waals surface area contributed by atoms with Gasteiger partial charge in [0, 0.05) is 11.6 Å². The molecular formula is C20H19N3O3. The van der Waals surface area contributed by atoms with Gasteiger partial charge >= 0.3 is 0 Å². The van der Waals surface area contributed by atoms with Crippen molar-refractivity contribution in [1.82, 2.24) is 9.78 Å². The van der Waals surface area contributed by atoms with Crippen molar-refractivity contribution in [2.24, 2.45) is 0 Å². The molecule has 1 aliphatic heterocycles. The summed E-state index contributed by atoms with van der Waals surface area (Å²) in [5, 5.41) is 7.44. The summed E-state index contributed by atoms with van der Waals surface area (Å²) in [6.07, 6.45) is 0. The molecule has 0 atom stereocenters. The maximum atomic E-state index is 12.6. The molecule has 0 saturated heterocycles. The monoisotopic (exact) mass is 349 g/mol. The van der Waals surface area contributed by atoms with E-state index in [4.69, 9.17) is 9.47 Å². The quantitative estimate of drug-likeness (QED) is 0.782. The Morgan fingerprint density at radius 2 is 1.96 bits per heavy atom. The number of nitrogens with one attached hydrogen (secondary N) is 1. The van der Waals surface area contributed by atoms with E-state index in [2.05, 4.69) is 29.5 Å². The Hall–Kier alpha value is -3.28. The van der Waals surface area contributed by atoms with E-state index in [9.17, 15) is 4.79 Å². The van der Waals surface area contributed by atoms with Crippen LogP contribution in [0.3, 0.4) is 0 Å². The van der Waals surface area contributed by atoms with Crippen molar-refractivity contribution >= 4 is 11.7 Å². The molecule has 0 saturated carbocycles. The molecule has 0 fully saturated rings. The number of amides is 1. The number of hydrogen-bond donors (Lipinski definition) is 1. The molecule has 0 radical (unpaired) electrons. The van der Waals surface area contributed by atoms with Gasteiger partial charge in [-0.3, -0.25) is 4.79 Å². The summed E-state index contributed by atoms with van der Waals surface area (Å²) in [7, 11) is 0. The summed E-state index contributed by atoms with van der Waals surface area (Å²) in [5.41, 5.74) is 3.68. The average Bonchev–Trinajstić information content (AvgIpc) is 3.20. The number of carbonyl (C=O) groups is 1. The molecular weight excluding hydrogens is 330 g/mol. The topological polar surface area (TPSA) is 65.4 Å². The van der Waals surface area contributed by atoms with Gasteiger partial charge in [-0.15, -0.1) is 0 Å². The average molecular weight is 349 g/mol. The Kier molecular flexibility index (Phi) is 4.08. The van der Waals surface area contributed by atoms with E-state index >= 15 is 0 Å². The second-order valence-electron chi connectivity index (χ2n) is 6.34. The van der Waals surface area contributed by atoms with Crippen LogP contribution >= 0.6 is 0 Å². The summed E-state index contributed by atoms with van der Waals surface area (Å²) in [4.78, 5) is 12.6. The van der Waals surface area contributed by atoms with Gasteiger partial charge in [0.15, 0.2) is 11.5 Å². The number of ether oxygens (including phenoxy) is 2. The standard InChI is InChI=1S/C20H19N3O3/c1-13-4-3-5-15(8-13)11-23-19(9-14(2)22-23)21-20(24)16-6-7-17-18(10-16)26-12-25-17/h3-10H,11-12H2,1-2H3,(H,21,24). The van der Waals surface area contributed by atoms with Crippen molar-refractivity contribution < 1.29 is 14.3 Å². The van der Waals surface area contributed by atoms with Gasteiger partial charge in [-0.2, -0.15) is 5.10 Å². The van der Waals surface area contributed by atoms with Crippen molar-refractivity contribution in [2.75, 3.05) is 12.1 Å². The molecule has 26 heavy (non-hydrogen) atoms. The fraction of sp³-hybridized carbons (Fsp3) is 0.200. The van der Waals surface area contributed by atoms with Crippen LogP contribution < -0.4 is 14.8 Å². The summed E-state index contributed by atoms with van der Waals surface area (Å²) in [6, 6.07) is 15.2. The molecule has 6 heteroatoms. The summed E-state index contributed by atoms with van der Waals surface area (Å²) < 4.78 is 12.4. The smallest absolute Gasteiger partial charge is 0.256 e. The number of aryl methyl sites for hydroxylation is 2. The first-order chi connectivity index (χ1) is 12.6. The van der Waals surface area contributed by atoms with E-state index in [-0.39, 0.29) is 12.7 Å². The molecule has 0 unspecified atom stereocenters. The highest BCUT2D eigenvalue weighted by Gasteiger charge is 2.17. The second-order valence-corrected chi connectivity index (χ2v) is 6.34. The van der Waals surface area contributed by atoms with E-state index in [0.717, 1.165) is 11.3 Å². The van der Waals surface area contributed by atoms with Gasteiger partial charge in [0.2, 0.25) is 6.79 Å². The highest BCUT2D eigenvalue weighted by atomic mass is 16.7. The zero-order valence-corrected chi connectivity index (χ0v) is 14.7. The molecule has 1 aromatic heterocycles. The molecule has 1 aliphatic rings. The molecule has 0 bridgehead atoms. The van der Waals surface area contributed by atoms with Crippen molar-refractivity contribution in [3.63, 3.8) is 0 Å². The van der Waals surface area contributed by atoms with Crippen LogP contribution in [0.15, 0.2) is 48.5 Å². The number of rotatable bonds is 4. The largest absolute Gasteiger partial charge is 0.454 e. The number of aromatic nitrogens is 2. The fourth-order valence-corrected chi connectivity index (χ4v) is 2.98. The number of anilines is 1. The van der Waals surface area contributed by atoms with Crippen LogP contribution in [0.4, 0.5) is 5.82 Å². The number of carbonyl (C=O) groups excluding carboxylic acids is 1. The second kappa shape index (κ2) is 6.55. The third-order valence-corrected chi connectivity index (χ3v) is 4.19. The number of fused-ring (bicyclic) bond motifs is 1. The van der Waals surface area contributed by atoms with Crippen LogP contribution in [0.2, 0.25) is 0 Å². The van der Waals surface area contributed by atoms with E-state index in [1.54, 1.807) is 22.9 Å². The molecule has 1 N–H and O–H groups in total. The molecule has 0 aliphatic carbocycles. The SMILES string of the molecule is Cc1cccc(Cn2nc(C)cc2NC(=O)c2ccc3c(c2)OCO3)c1. The van der Waals surface area contributed by atoms with E-state index in [1.165, 1.54) is 5.56 Å². The summed E-state index contributed by atoms with van der Waals surface area (Å²) >= 11 is 0. The Balaban J connectivity index is 1.55. The third-order valence-electron chi connectivity index (χ3n) is 4.19. The van der Waals surface area contributed by atoms with E-state index in [1.807, 2.05) is 25.1 Å². The number of hydrogen-bond acceptors (Lipinski definition) is 4. The van der Waals surface area contributed by atoms with Gasteiger partial charge in [0.25, 0.3) is 5.91 Å². The molecule has 6 nitrogen and oxygen atoms in total. The van der Waals surface area contributed by atoms with Crippen molar-refractivity contribution in [2.45, 2.75) is 20.4 Å². The van der Waals surface area contributed by atoms with Crippen molar-refractivity contribution in [3.05, 3.63) is 70.9 Å². The van der Waals surface area contributed by atoms with Gasteiger partial charge in [0.1, 0.15) is 5.82 Å². The normalized spacial score (nSPS) is 12.2. The number of benzene rings is 2. The zero-order chi connectivity index (χ0) is 18.1. The minimum absolute atomic E-state index is 0.183. The van der Waals surface area contributed by atoms with E-state index in [0.29, 0.717) is 29.4 Å². The lowest BCUT2D eigenvalue weighted by atomic mass is 10.1. The molecule has 0 spiro atoms. The zero-order valence-electron chi connectivity index (χ0n) is 14.7. The molecule has 2 heterocycles. The van der Waals surface area contributed by atoms with E-state index < -0.39 is 0 Å². The van der Waals surface area contributed by atoms with Gasteiger partial charge < -0.3 is 14.8 Å². The minimum Gasteiger partial charge on any atom is -0.454 e. The first kappa shape index (κ1) is 16.2. The Bertz CT molecular complexity index is 978. The summed E-state index contributed by atoms with van der Waals surface area (Å²) in [6.45, 7) is 4.73. The first-order valence-electron chi connectivity index (χ1n) is 8.39. The number of nitrogens with zero attached hydrogens (tertiary/aromatic N) is 2. The highest BCUT2D eigenvalue weighted by molar-refractivity contribution is 6.04. The molecule has 132 valence electrons. The third kappa shape index (κ3) is 3.26. The lowest BCUT2D eigenvalue weighted by Gasteiger charge is -2.10. The maximum Gasteiger partial charge on any atom is 0.256 e. The minimum atomic E-state index is -0.214. The molecule has 3 aromatic rings. The van der Waals surface area contributed by atoms with Crippen LogP contribution in [0.25, 0.3) is 0 Å². The van der Waals surface area contributed by atoms with Crippen LogP contribution in [-0.2, 0) is 6.54 Å². The van der Waals surface area contributed by atoms with Crippen LogP contribution in [0.1, 0.15) is 27.2 Å². The van der Waals surface area contributed by atoms with Gasteiger partial charge in [0.05, 0.1) is 12.2 Å². The predicted octanol–water partition coefficient (Wildman–Crippen LogP) is 3.53. The van der Waals surface area contributed by atoms with Crippen LogP contribution in [0.5, 0.6) is 11.5 Å². The fourth-order valence-electron chi connectivity index (χ4n) is 2.98. The van der Waals surface area contributed by atoms with Gasteiger partial charge in [-0.05, 0) is 37.6 Å². The molecule has 2 aromatic carbocycles. The first-order valence-corrected chi connectivity index (χ1v) is 8.39. The van der Waals surface area contributed by atoms with Crippen molar-refractivity contribution in [1.29, 1.82) is 0 Å². The Morgan fingerprint density at radius 1 is 1.12 bits per heavy atom. The Labute approximate surface area is 151 Å². The maximum absolute atomic E-state index is 12.6. The highest BCUT2D eigenvalue weighted by Crippen LogP contribution is 2.32. The van der Waals surface area contributed by atoms with Crippen molar-refractivity contribution in [3.8, 4) is 11.5 Å². The molecule has 4 rings (SSSR count). The summed E-state index contributed by atoms with van der Waals surface area (Å²) in [5.74, 6) is 1.68. The predicted molar refractivity (Wildman–Crippen MR) is 97.8 cm³/mol. The lowest BCUT2D eigenvalue weighted by molar-refractivity contribution is 0.102.